The summed E-state index contributed by atoms with van der Waals surface area (Å²) < 4.78 is 5.59. The molecule has 3 aromatic rings. The minimum absolute atomic E-state index is 0.0389. The molecule has 0 saturated carbocycles. The van der Waals surface area contributed by atoms with E-state index < -0.39 is 4.92 Å². The number of aromatic nitrogens is 2. The summed E-state index contributed by atoms with van der Waals surface area (Å²) in [7, 11) is 0. The lowest BCUT2D eigenvalue weighted by molar-refractivity contribution is -0.384. The number of anilines is 1. The van der Waals surface area contributed by atoms with Crippen LogP contribution in [0.3, 0.4) is 0 Å². The van der Waals surface area contributed by atoms with E-state index in [4.69, 9.17) is 4.42 Å². The van der Waals surface area contributed by atoms with Gasteiger partial charge in [0.1, 0.15) is 0 Å². The Morgan fingerprint density at radius 2 is 2.00 bits per heavy atom. The highest BCUT2D eigenvalue weighted by atomic mass is 32.2. The van der Waals surface area contributed by atoms with Crippen LogP contribution >= 0.6 is 11.8 Å². The van der Waals surface area contributed by atoms with Crippen LogP contribution in [0, 0.1) is 24.0 Å². The van der Waals surface area contributed by atoms with Gasteiger partial charge < -0.3 is 9.73 Å². The molecule has 0 aliphatic rings. The van der Waals surface area contributed by atoms with Crippen molar-refractivity contribution in [2.24, 2.45) is 0 Å². The molecule has 0 unspecified atom stereocenters. The highest BCUT2D eigenvalue weighted by Gasteiger charge is 2.13. The zero-order chi connectivity index (χ0) is 19.4. The van der Waals surface area contributed by atoms with Crippen LogP contribution in [0.4, 0.5) is 11.4 Å². The molecule has 2 aromatic carbocycles. The third-order valence-corrected chi connectivity index (χ3v) is 4.65. The average Bonchev–Trinajstić information content (AvgIpc) is 3.11. The number of thioether (sulfide) groups is 1. The zero-order valence-corrected chi connectivity index (χ0v) is 15.4. The Balaban J connectivity index is 1.59. The minimum Gasteiger partial charge on any atom is -0.411 e. The predicted molar refractivity (Wildman–Crippen MR) is 102 cm³/mol. The Bertz CT molecular complexity index is 1000. The first-order chi connectivity index (χ1) is 12.9. The van der Waals surface area contributed by atoms with Crippen molar-refractivity contribution in [2.45, 2.75) is 19.1 Å². The minimum atomic E-state index is -0.517. The van der Waals surface area contributed by atoms with E-state index in [1.165, 1.54) is 23.8 Å². The number of nitrogens with one attached hydrogen (secondary N) is 1. The fourth-order valence-corrected chi connectivity index (χ4v) is 2.84. The SMILES string of the molecule is Cc1ccc(-c2nnc(SCC(=O)Nc3cccc([N+](=O)[O-])c3)o2)cc1C. The number of rotatable bonds is 6. The number of benzene rings is 2. The second-order valence-corrected chi connectivity index (χ2v) is 6.74. The molecule has 0 saturated heterocycles. The first-order valence-corrected chi connectivity index (χ1v) is 8.99. The predicted octanol–water partition coefficient (Wildman–Crippen LogP) is 3.99. The number of hydrogen-bond acceptors (Lipinski definition) is 7. The first kappa shape index (κ1) is 18.6. The second kappa shape index (κ2) is 8.00. The summed E-state index contributed by atoms with van der Waals surface area (Å²) >= 11 is 1.09. The molecule has 9 heteroatoms. The summed E-state index contributed by atoms with van der Waals surface area (Å²) in [5, 5.41) is 21.6. The maximum atomic E-state index is 12.0. The van der Waals surface area contributed by atoms with Gasteiger partial charge in [-0.1, -0.05) is 23.9 Å². The van der Waals surface area contributed by atoms with Crippen molar-refractivity contribution in [1.82, 2.24) is 10.2 Å². The van der Waals surface area contributed by atoms with Crippen molar-refractivity contribution in [1.29, 1.82) is 0 Å². The van der Waals surface area contributed by atoms with Crippen LogP contribution in [0.1, 0.15) is 11.1 Å². The van der Waals surface area contributed by atoms with Gasteiger partial charge in [-0.2, -0.15) is 0 Å². The molecule has 1 aromatic heterocycles. The molecule has 1 heterocycles. The number of aryl methyl sites for hydroxylation is 2. The third kappa shape index (κ3) is 4.70. The number of carbonyl (C=O) groups excluding carboxylic acids is 1. The first-order valence-electron chi connectivity index (χ1n) is 8.00. The fourth-order valence-electron chi connectivity index (χ4n) is 2.28. The Morgan fingerprint density at radius 3 is 2.74 bits per heavy atom. The van der Waals surface area contributed by atoms with E-state index in [1.54, 1.807) is 6.07 Å². The monoisotopic (exact) mass is 384 g/mol. The lowest BCUT2D eigenvalue weighted by Gasteiger charge is -2.03. The molecule has 0 aliphatic heterocycles. The molecular weight excluding hydrogens is 368 g/mol. The van der Waals surface area contributed by atoms with Crippen molar-refractivity contribution in [2.75, 3.05) is 11.1 Å². The van der Waals surface area contributed by atoms with Gasteiger partial charge in [-0.05, 0) is 43.2 Å². The van der Waals surface area contributed by atoms with Crippen molar-refractivity contribution in [3.05, 3.63) is 63.7 Å². The van der Waals surface area contributed by atoms with Gasteiger partial charge in [0.15, 0.2) is 0 Å². The van der Waals surface area contributed by atoms with Crippen LogP contribution in [0.15, 0.2) is 52.1 Å². The third-order valence-electron chi connectivity index (χ3n) is 3.83. The quantitative estimate of drug-likeness (QED) is 0.388. The zero-order valence-electron chi connectivity index (χ0n) is 14.6. The van der Waals surface area contributed by atoms with E-state index in [9.17, 15) is 14.9 Å². The smallest absolute Gasteiger partial charge is 0.277 e. The molecule has 138 valence electrons. The van der Waals surface area contributed by atoms with Crippen LogP contribution < -0.4 is 5.32 Å². The molecule has 1 N–H and O–H groups in total. The lowest BCUT2D eigenvalue weighted by atomic mass is 10.1. The number of amides is 1. The molecule has 0 radical (unpaired) electrons. The molecule has 0 fully saturated rings. The summed E-state index contributed by atoms with van der Waals surface area (Å²) in [5.41, 5.74) is 3.38. The van der Waals surface area contributed by atoms with E-state index in [0.717, 1.165) is 22.9 Å². The molecule has 3 rings (SSSR count). The highest BCUT2D eigenvalue weighted by molar-refractivity contribution is 7.99. The van der Waals surface area contributed by atoms with Crippen molar-refractivity contribution in [3.63, 3.8) is 0 Å². The van der Waals surface area contributed by atoms with Gasteiger partial charge in [0.25, 0.3) is 10.9 Å². The Morgan fingerprint density at radius 1 is 1.19 bits per heavy atom. The summed E-state index contributed by atoms with van der Waals surface area (Å²) in [6.07, 6.45) is 0. The number of carbonyl (C=O) groups is 1. The number of nitro benzene ring substituents is 1. The maximum Gasteiger partial charge on any atom is 0.277 e. The van der Waals surface area contributed by atoms with Gasteiger partial charge in [0, 0.05) is 23.4 Å². The van der Waals surface area contributed by atoms with E-state index in [-0.39, 0.29) is 22.6 Å². The molecule has 27 heavy (non-hydrogen) atoms. The summed E-state index contributed by atoms with van der Waals surface area (Å²) in [6, 6.07) is 11.6. The Kier molecular flexibility index (Phi) is 5.51. The van der Waals surface area contributed by atoms with Crippen LogP contribution in [0.25, 0.3) is 11.5 Å². The standard InChI is InChI=1S/C18H16N4O4S/c1-11-6-7-13(8-12(11)2)17-20-21-18(26-17)27-10-16(23)19-14-4-3-5-15(9-14)22(24)25/h3-9H,10H2,1-2H3,(H,19,23). The van der Waals surface area contributed by atoms with E-state index in [0.29, 0.717) is 11.6 Å². The van der Waals surface area contributed by atoms with Gasteiger partial charge in [0.2, 0.25) is 11.8 Å². The number of non-ortho nitro benzene ring substituents is 1. The topological polar surface area (TPSA) is 111 Å². The van der Waals surface area contributed by atoms with E-state index in [2.05, 4.69) is 15.5 Å². The number of nitrogens with zero attached hydrogens (tertiary/aromatic N) is 3. The van der Waals surface area contributed by atoms with E-state index in [1.807, 2.05) is 32.0 Å². The molecule has 8 nitrogen and oxygen atoms in total. The normalized spacial score (nSPS) is 10.6. The molecule has 1 amide bonds. The molecular formula is C18H16N4O4S. The summed E-state index contributed by atoms with van der Waals surface area (Å²) in [6.45, 7) is 4.03. The average molecular weight is 384 g/mol. The Labute approximate surface area is 159 Å². The van der Waals surface area contributed by atoms with Gasteiger partial charge in [-0.3, -0.25) is 14.9 Å². The van der Waals surface area contributed by atoms with Crippen LogP contribution in [-0.4, -0.2) is 26.8 Å². The number of nitro groups is 1. The number of hydrogen-bond donors (Lipinski definition) is 1. The largest absolute Gasteiger partial charge is 0.411 e. The summed E-state index contributed by atoms with van der Waals surface area (Å²) in [5.74, 6) is 0.100. The molecule has 0 bridgehead atoms. The van der Waals surface area contributed by atoms with Gasteiger partial charge >= 0.3 is 0 Å². The van der Waals surface area contributed by atoms with Crippen LogP contribution in [0.5, 0.6) is 0 Å². The van der Waals surface area contributed by atoms with Gasteiger partial charge in [-0.15, -0.1) is 10.2 Å². The van der Waals surface area contributed by atoms with Gasteiger partial charge in [0.05, 0.1) is 10.7 Å². The lowest BCUT2D eigenvalue weighted by Crippen LogP contribution is -2.14. The second-order valence-electron chi connectivity index (χ2n) is 5.82. The van der Waals surface area contributed by atoms with Crippen LogP contribution in [0.2, 0.25) is 0 Å². The molecule has 0 atom stereocenters. The molecule has 0 spiro atoms. The van der Waals surface area contributed by atoms with E-state index >= 15 is 0 Å². The Hall–Kier alpha value is -3.20. The maximum absolute atomic E-state index is 12.0. The molecule has 0 aliphatic carbocycles. The summed E-state index contributed by atoms with van der Waals surface area (Å²) in [4.78, 5) is 22.3. The highest BCUT2D eigenvalue weighted by Crippen LogP contribution is 2.25. The van der Waals surface area contributed by atoms with Crippen molar-refractivity contribution in [3.8, 4) is 11.5 Å². The fraction of sp³-hybridized carbons (Fsp3) is 0.167. The van der Waals surface area contributed by atoms with Crippen LogP contribution in [-0.2, 0) is 4.79 Å². The van der Waals surface area contributed by atoms with Gasteiger partial charge in [-0.25, -0.2) is 0 Å². The van der Waals surface area contributed by atoms with Crippen molar-refractivity contribution < 1.29 is 14.1 Å². The van der Waals surface area contributed by atoms with Crippen molar-refractivity contribution >= 4 is 29.0 Å².